The molecule has 0 bridgehead atoms. The van der Waals surface area contributed by atoms with Crippen LogP contribution in [-0.2, 0) is 5.75 Å². The Bertz CT molecular complexity index is 458. The Balaban J connectivity index is 1.94. The molecule has 17 heavy (non-hydrogen) atoms. The number of hydrogen-bond donors (Lipinski definition) is 1. The van der Waals surface area contributed by atoms with E-state index in [4.69, 9.17) is 10.2 Å². The molecule has 0 aliphatic carbocycles. The molecule has 1 unspecified atom stereocenters. The first-order valence-electron chi connectivity index (χ1n) is 5.55. The molecule has 2 rings (SSSR count). The van der Waals surface area contributed by atoms with Crippen molar-refractivity contribution >= 4 is 11.8 Å². The third-order valence-corrected chi connectivity index (χ3v) is 3.34. The standard InChI is InChI=1S/C12H15N3OS/c1-2-10(13)12-15-14-11(16-12)8-17-9-6-4-3-5-7-9/h3-7,10H,2,8,13H2,1H3. The molecule has 4 nitrogen and oxygen atoms in total. The summed E-state index contributed by atoms with van der Waals surface area (Å²) < 4.78 is 5.49. The van der Waals surface area contributed by atoms with Gasteiger partial charge in [0, 0.05) is 4.90 Å². The summed E-state index contributed by atoms with van der Waals surface area (Å²) >= 11 is 1.67. The molecule has 0 fully saturated rings. The molecule has 0 amide bonds. The van der Waals surface area contributed by atoms with Crippen LogP contribution in [-0.4, -0.2) is 10.2 Å². The molecule has 0 spiro atoms. The summed E-state index contributed by atoms with van der Waals surface area (Å²) in [5, 5.41) is 7.93. The molecular formula is C12H15N3OS. The molecule has 1 heterocycles. The normalized spacial score (nSPS) is 12.6. The van der Waals surface area contributed by atoms with E-state index >= 15 is 0 Å². The maximum absolute atomic E-state index is 5.81. The van der Waals surface area contributed by atoms with Crippen molar-refractivity contribution in [2.45, 2.75) is 30.0 Å². The van der Waals surface area contributed by atoms with Gasteiger partial charge in [-0.3, -0.25) is 0 Å². The van der Waals surface area contributed by atoms with Crippen LogP contribution in [0.15, 0.2) is 39.6 Å². The van der Waals surface area contributed by atoms with Gasteiger partial charge in [0.2, 0.25) is 11.8 Å². The minimum atomic E-state index is -0.155. The van der Waals surface area contributed by atoms with Crippen LogP contribution >= 0.6 is 11.8 Å². The molecule has 5 heteroatoms. The number of hydrogen-bond acceptors (Lipinski definition) is 5. The van der Waals surface area contributed by atoms with E-state index in [0.29, 0.717) is 17.5 Å². The van der Waals surface area contributed by atoms with E-state index in [1.165, 1.54) is 4.90 Å². The summed E-state index contributed by atoms with van der Waals surface area (Å²) in [5.41, 5.74) is 5.81. The van der Waals surface area contributed by atoms with Gasteiger partial charge in [0.15, 0.2) is 0 Å². The van der Waals surface area contributed by atoms with Gasteiger partial charge in [-0.05, 0) is 18.6 Å². The van der Waals surface area contributed by atoms with E-state index < -0.39 is 0 Å². The first kappa shape index (κ1) is 12.1. The van der Waals surface area contributed by atoms with Gasteiger partial charge in [0.1, 0.15) is 0 Å². The van der Waals surface area contributed by atoms with E-state index in [0.717, 1.165) is 6.42 Å². The number of nitrogens with two attached hydrogens (primary N) is 1. The number of aromatic nitrogens is 2. The molecule has 1 aromatic carbocycles. The van der Waals surface area contributed by atoms with Gasteiger partial charge >= 0.3 is 0 Å². The molecule has 0 saturated heterocycles. The molecule has 1 atom stereocenters. The van der Waals surface area contributed by atoms with Crippen molar-refractivity contribution in [1.82, 2.24) is 10.2 Å². The molecule has 0 saturated carbocycles. The lowest BCUT2D eigenvalue weighted by atomic mass is 10.2. The second kappa shape index (κ2) is 5.84. The molecule has 2 N–H and O–H groups in total. The summed E-state index contributed by atoms with van der Waals surface area (Å²) in [5.74, 6) is 1.82. The average molecular weight is 249 g/mol. The van der Waals surface area contributed by atoms with E-state index in [1.807, 2.05) is 25.1 Å². The molecule has 0 aliphatic rings. The number of benzene rings is 1. The monoisotopic (exact) mass is 249 g/mol. The van der Waals surface area contributed by atoms with Crippen LogP contribution in [0.5, 0.6) is 0 Å². The van der Waals surface area contributed by atoms with E-state index in [1.54, 1.807) is 11.8 Å². The molecule has 0 aliphatic heterocycles. The minimum Gasteiger partial charge on any atom is -0.423 e. The zero-order valence-electron chi connectivity index (χ0n) is 9.67. The Kier molecular flexibility index (Phi) is 4.17. The lowest BCUT2D eigenvalue weighted by molar-refractivity contribution is 0.423. The van der Waals surface area contributed by atoms with Crippen LogP contribution < -0.4 is 5.73 Å². The van der Waals surface area contributed by atoms with Crippen molar-refractivity contribution < 1.29 is 4.42 Å². The van der Waals surface area contributed by atoms with Gasteiger partial charge in [-0.25, -0.2) is 0 Å². The number of thioether (sulfide) groups is 1. The third-order valence-electron chi connectivity index (χ3n) is 2.35. The number of rotatable bonds is 5. The van der Waals surface area contributed by atoms with Crippen molar-refractivity contribution in [2.24, 2.45) is 5.73 Å². The highest BCUT2D eigenvalue weighted by Gasteiger charge is 2.12. The summed E-state index contributed by atoms with van der Waals surface area (Å²) in [7, 11) is 0. The van der Waals surface area contributed by atoms with Gasteiger partial charge < -0.3 is 10.2 Å². The topological polar surface area (TPSA) is 64.9 Å². The summed E-state index contributed by atoms with van der Waals surface area (Å²) in [6.07, 6.45) is 0.799. The van der Waals surface area contributed by atoms with E-state index in [2.05, 4.69) is 22.3 Å². The summed E-state index contributed by atoms with van der Waals surface area (Å²) in [6, 6.07) is 9.97. The van der Waals surface area contributed by atoms with Crippen LogP contribution in [0, 0.1) is 0 Å². The fourth-order valence-electron chi connectivity index (χ4n) is 1.31. The van der Waals surface area contributed by atoms with Gasteiger partial charge in [0.05, 0.1) is 11.8 Å². The Hall–Kier alpha value is -1.33. The predicted octanol–water partition coefficient (Wildman–Crippen LogP) is 2.77. The molecule has 0 radical (unpaired) electrons. The van der Waals surface area contributed by atoms with Crippen molar-refractivity contribution in [3.05, 3.63) is 42.1 Å². The van der Waals surface area contributed by atoms with Crippen LogP contribution in [0.2, 0.25) is 0 Å². The minimum absolute atomic E-state index is 0.155. The van der Waals surface area contributed by atoms with Crippen molar-refractivity contribution in [3.63, 3.8) is 0 Å². The third kappa shape index (κ3) is 3.31. The lowest BCUT2D eigenvalue weighted by Gasteiger charge is -2.00. The maximum atomic E-state index is 5.81. The highest BCUT2D eigenvalue weighted by atomic mass is 32.2. The largest absolute Gasteiger partial charge is 0.423 e. The zero-order chi connectivity index (χ0) is 12.1. The molecule has 2 aromatic rings. The fraction of sp³-hybridized carbons (Fsp3) is 0.333. The van der Waals surface area contributed by atoms with Gasteiger partial charge in [-0.2, -0.15) is 0 Å². The summed E-state index contributed by atoms with van der Waals surface area (Å²) in [6.45, 7) is 1.99. The number of nitrogens with zero attached hydrogens (tertiary/aromatic N) is 2. The van der Waals surface area contributed by atoms with Gasteiger partial charge in [0.25, 0.3) is 0 Å². The summed E-state index contributed by atoms with van der Waals surface area (Å²) in [4.78, 5) is 1.19. The first-order valence-corrected chi connectivity index (χ1v) is 6.54. The zero-order valence-corrected chi connectivity index (χ0v) is 10.5. The lowest BCUT2D eigenvalue weighted by Crippen LogP contribution is -2.08. The van der Waals surface area contributed by atoms with Gasteiger partial charge in [-0.1, -0.05) is 25.1 Å². The van der Waals surface area contributed by atoms with Crippen molar-refractivity contribution in [2.75, 3.05) is 0 Å². The van der Waals surface area contributed by atoms with Crippen molar-refractivity contribution in [3.8, 4) is 0 Å². The first-order chi connectivity index (χ1) is 8.29. The predicted molar refractivity (Wildman–Crippen MR) is 67.5 cm³/mol. The Morgan fingerprint density at radius 2 is 2.06 bits per heavy atom. The van der Waals surface area contributed by atoms with Crippen molar-refractivity contribution in [1.29, 1.82) is 0 Å². The quantitative estimate of drug-likeness (QED) is 0.825. The fourth-order valence-corrected chi connectivity index (χ4v) is 2.07. The molecule has 1 aromatic heterocycles. The van der Waals surface area contributed by atoms with Crippen LogP contribution in [0.25, 0.3) is 0 Å². The van der Waals surface area contributed by atoms with Crippen LogP contribution in [0.3, 0.4) is 0 Å². The maximum Gasteiger partial charge on any atom is 0.233 e. The Morgan fingerprint density at radius 3 is 2.76 bits per heavy atom. The highest BCUT2D eigenvalue weighted by Crippen LogP contribution is 2.22. The smallest absolute Gasteiger partial charge is 0.233 e. The van der Waals surface area contributed by atoms with E-state index in [9.17, 15) is 0 Å². The molecule has 90 valence electrons. The average Bonchev–Trinajstić information content (AvgIpc) is 2.85. The van der Waals surface area contributed by atoms with Crippen LogP contribution in [0.1, 0.15) is 31.2 Å². The Labute approximate surface area is 105 Å². The Morgan fingerprint density at radius 1 is 1.29 bits per heavy atom. The SMILES string of the molecule is CCC(N)c1nnc(CSc2ccccc2)o1. The molecular weight excluding hydrogens is 234 g/mol. The van der Waals surface area contributed by atoms with Gasteiger partial charge in [-0.15, -0.1) is 22.0 Å². The second-order valence-corrected chi connectivity index (χ2v) is 4.70. The van der Waals surface area contributed by atoms with E-state index in [-0.39, 0.29) is 6.04 Å². The highest BCUT2D eigenvalue weighted by molar-refractivity contribution is 7.98. The second-order valence-electron chi connectivity index (χ2n) is 3.65. The van der Waals surface area contributed by atoms with Crippen LogP contribution in [0.4, 0.5) is 0 Å².